The maximum absolute atomic E-state index is 12.0. The lowest BCUT2D eigenvalue weighted by Gasteiger charge is -2.18. The van der Waals surface area contributed by atoms with Crippen molar-refractivity contribution in [2.75, 3.05) is 6.54 Å². The monoisotopic (exact) mass is 294 g/mol. The number of hydrogen-bond acceptors (Lipinski definition) is 4. The summed E-state index contributed by atoms with van der Waals surface area (Å²) in [6.45, 7) is 7.27. The van der Waals surface area contributed by atoms with Gasteiger partial charge in [-0.3, -0.25) is 9.59 Å². The van der Waals surface area contributed by atoms with Gasteiger partial charge in [0.15, 0.2) is 0 Å². The number of carboxylic acids is 1. The maximum atomic E-state index is 12.0. The van der Waals surface area contributed by atoms with Crippen LogP contribution in [0.5, 0.6) is 5.88 Å². The predicted octanol–water partition coefficient (Wildman–Crippen LogP) is 2.10. The van der Waals surface area contributed by atoms with Crippen LogP contribution in [-0.2, 0) is 4.79 Å². The van der Waals surface area contributed by atoms with Gasteiger partial charge >= 0.3 is 5.97 Å². The van der Waals surface area contributed by atoms with E-state index in [9.17, 15) is 9.59 Å². The van der Waals surface area contributed by atoms with Crippen molar-refractivity contribution in [3.05, 3.63) is 23.9 Å². The minimum Gasteiger partial charge on any atom is -0.481 e. The minimum absolute atomic E-state index is 0.0211. The van der Waals surface area contributed by atoms with Crippen molar-refractivity contribution in [1.82, 2.24) is 10.3 Å². The summed E-state index contributed by atoms with van der Waals surface area (Å²) in [5.74, 6) is -0.837. The highest BCUT2D eigenvalue weighted by Crippen LogP contribution is 2.19. The lowest BCUT2D eigenvalue weighted by atomic mass is 9.90. The quantitative estimate of drug-likeness (QED) is 0.804. The van der Waals surface area contributed by atoms with E-state index in [2.05, 4.69) is 10.3 Å². The van der Waals surface area contributed by atoms with Crippen molar-refractivity contribution in [3.8, 4) is 5.88 Å². The van der Waals surface area contributed by atoms with Crippen LogP contribution in [0.15, 0.2) is 18.2 Å². The lowest BCUT2D eigenvalue weighted by Crippen LogP contribution is -2.32. The van der Waals surface area contributed by atoms with Crippen molar-refractivity contribution in [1.29, 1.82) is 0 Å². The molecule has 0 saturated carbocycles. The van der Waals surface area contributed by atoms with E-state index in [1.807, 2.05) is 13.8 Å². The summed E-state index contributed by atoms with van der Waals surface area (Å²) in [4.78, 5) is 27.0. The first-order valence-corrected chi connectivity index (χ1v) is 6.87. The third kappa shape index (κ3) is 5.41. The highest BCUT2D eigenvalue weighted by molar-refractivity contribution is 5.92. The molecule has 0 spiro atoms. The molecule has 1 amide bonds. The molecule has 1 heterocycles. The van der Waals surface area contributed by atoms with E-state index in [1.165, 1.54) is 0 Å². The fourth-order valence-electron chi connectivity index (χ4n) is 1.53. The van der Waals surface area contributed by atoms with Crippen molar-refractivity contribution in [2.24, 2.45) is 5.41 Å². The minimum atomic E-state index is -0.887. The molecule has 21 heavy (non-hydrogen) atoms. The fraction of sp³-hybridized carbons (Fsp3) is 0.533. The highest BCUT2D eigenvalue weighted by Gasteiger charge is 2.26. The Morgan fingerprint density at radius 3 is 2.62 bits per heavy atom. The number of carboxylic acid groups (broad SMARTS) is 1. The highest BCUT2D eigenvalue weighted by atomic mass is 16.5. The molecule has 0 atom stereocenters. The van der Waals surface area contributed by atoms with E-state index in [0.717, 1.165) is 0 Å². The van der Waals surface area contributed by atoms with Crippen LogP contribution in [0.1, 0.15) is 44.6 Å². The van der Waals surface area contributed by atoms with Crippen LogP contribution in [0.3, 0.4) is 0 Å². The summed E-state index contributed by atoms with van der Waals surface area (Å²) in [6, 6.07) is 4.97. The molecule has 116 valence electrons. The molecular formula is C15H22N2O4. The van der Waals surface area contributed by atoms with E-state index in [4.69, 9.17) is 9.84 Å². The zero-order valence-corrected chi connectivity index (χ0v) is 12.8. The topological polar surface area (TPSA) is 88.5 Å². The molecule has 2 N–H and O–H groups in total. The molecule has 1 aromatic rings. The molecule has 0 radical (unpaired) electrons. The molecule has 0 fully saturated rings. The van der Waals surface area contributed by atoms with Crippen LogP contribution in [-0.4, -0.2) is 34.6 Å². The van der Waals surface area contributed by atoms with Crippen LogP contribution in [0.4, 0.5) is 0 Å². The van der Waals surface area contributed by atoms with Gasteiger partial charge in [-0.05, 0) is 40.2 Å². The maximum Gasteiger partial charge on any atom is 0.309 e. The first kappa shape index (κ1) is 16.9. The molecule has 6 nitrogen and oxygen atoms in total. The van der Waals surface area contributed by atoms with Crippen molar-refractivity contribution >= 4 is 11.9 Å². The Hall–Kier alpha value is -2.11. The average Bonchev–Trinajstić information content (AvgIpc) is 2.37. The van der Waals surface area contributed by atoms with E-state index in [1.54, 1.807) is 32.0 Å². The summed E-state index contributed by atoms with van der Waals surface area (Å²) in [7, 11) is 0. The zero-order valence-electron chi connectivity index (χ0n) is 12.8. The first-order valence-electron chi connectivity index (χ1n) is 6.87. The molecule has 6 heteroatoms. The second kappa shape index (κ2) is 7.06. The molecular weight excluding hydrogens is 272 g/mol. The Kier molecular flexibility index (Phi) is 5.69. The fourth-order valence-corrected chi connectivity index (χ4v) is 1.53. The van der Waals surface area contributed by atoms with Gasteiger partial charge in [-0.25, -0.2) is 4.98 Å². The molecule has 0 aromatic carbocycles. The number of hydrogen-bond donors (Lipinski definition) is 2. The third-order valence-corrected chi connectivity index (χ3v) is 2.93. The van der Waals surface area contributed by atoms with Crippen molar-refractivity contribution in [3.63, 3.8) is 0 Å². The van der Waals surface area contributed by atoms with Crippen LogP contribution in [0.25, 0.3) is 0 Å². The number of nitrogens with zero attached hydrogens (tertiary/aromatic N) is 1. The molecule has 0 unspecified atom stereocenters. The van der Waals surface area contributed by atoms with Crippen LogP contribution < -0.4 is 10.1 Å². The van der Waals surface area contributed by atoms with Crippen LogP contribution >= 0.6 is 0 Å². The van der Waals surface area contributed by atoms with E-state index < -0.39 is 11.4 Å². The second-order valence-corrected chi connectivity index (χ2v) is 5.72. The molecule has 0 aliphatic rings. The van der Waals surface area contributed by atoms with E-state index >= 15 is 0 Å². The van der Waals surface area contributed by atoms with Gasteiger partial charge in [-0.2, -0.15) is 0 Å². The summed E-state index contributed by atoms with van der Waals surface area (Å²) in [5, 5.41) is 11.7. The Balaban J connectivity index is 2.58. The first-order chi connectivity index (χ1) is 9.72. The van der Waals surface area contributed by atoms with Gasteiger partial charge in [0, 0.05) is 12.6 Å². The molecule has 0 aliphatic heterocycles. The molecule has 1 rings (SSSR count). The number of pyridine rings is 1. The Morgan fingerprint density at radius 1 is 1.38 bits per heavy atom. The number of aromatic nitrogens is 1. The number of amides is 1. The SMILES string of the molecule is CC(C)Oc1cccc(C(=O)NCCC(C)(C)C(=O)O)n1. The second-order valence-electron chi connectivity index (χ2n) is 5.72. The summed E-state index contributed by atoms with van der Waals surface area (Å²) >= 11 is 0. The number of ether oxygens (including phenoxy) is 1. The lowest BCUT2D eigenvalue weighted by molar-refractivity contribution is -0.147. The molecule has 0 aliphatic carbocycles. The predicted molar refractivity (Wildman–Crippen MR) is 78.4 cm³/mol. The standard InChI is InChI=1S/C15H22N2O4/c1-10(2)21-12-7-5-6-11(17-12)13(18)16-9-8-15(3,4)14(19)20/h5-7,10H,8-9H2,1-4H3,(H,16,18)(H,19,20). The van der Waals surface area contributed by atoms with E-state index in [-0.39, 0.29) is 24.2 Å². The molecule has 0 saturated heterocycles. The molecule has 0 bridgehead atoms. The largest absolute Gasteiger partial charge is 0.481 e. The Morgan fingerprint density at radius 2 is 2.05 bits per heavy atom. The zero-order chi connectivity index (χ0) is 16.0. The average molecular weight is 294 g/mol. The van der Waals surface area contributed by atoms with Gasteiger partial charge in [0.05, 0.1) is 11.5 Å². The Labute approximate surface area is 124 Å². The van der Waals surface area contributed by atoms with Crippen molar-refractivity contribution in [2.45, 2.75) is 40.2 Å². The van der Waals surface area contributed by atoms with Gasteiger partial charge in [-0.1, -0.05) is 6.07 Å². The smallest absolute Gasteiger partial charge is 0.309 e. The van der Waals surface area contributed by atoms with E-state index in [0.29, 0.717) is 12.3 Å². The van der Waals surface area contributed by atoms with Crippen LogP contribution in [0.2, 0.25) is 0 Å². The normalized spacial score (nSPS) is 11.3. The summed E-state index contributed by atoms with van der Waals surface area (Å²) in [6.07, 6.45) is 0.322. The van der Waals surface area contributed by atoms with Gasteiger partial charge in [0.2, 0.25) is 5.88 Å². The molecule has 1 aromatic heterocycles. The number of aliphatic carboxylic acids is 1. The number of nitrogens with one attached hydrogen (secondary N) is 1. The Bertz CT molecular complexity index is 512. The summed E-state index contributed by atoms with van der Waals surface area (Å²) in [5.41, 5.74) is -0.621. The third-order valence-electron chi connectivity index (χ3n) is 2.93. The van der Waals surface area contributed by atoms with Gasteiger partial charge in [0.1, 0.15) is 5.69 Å². The van der Waals surface area contributed by atoms with Crippen LogP contribution in [0, 0.1) is 5.41 Å². The van der Waals surface area contributed by atoms with Gasteiger partial charge in [-0.15, -0.1) is 0 Å². The number of rotatable bonds is 7. The van der Waals surface area contributed by atoms with Gasteiger partial charge < -0.3 is 15.2 Å². The number of carbonyl (C=O) groups is 2. The number of carbonyl (C=O) groups excluding carboxylic acids is 1. The van der Waals surface area contributed by atoms with Gasteiger partial charge in [0.25, 0.3) is 5.91 Å². The summed E-state index contributed by atoms with van der Waals surface area (Å²) < 4.78 is 5.43. The van der Waals surface area contributed by atoms with Crippen molar-refractivity contribution < 1.29 is 19.4 Å².